The fourth-order valence-electron chi connectivity index (χ4n) is 14.6. The van der Waals surface area contributed by atoms with Crippen LogP contribution in [0.1, 0.15) is 309 Å². The zero-order valence-electron chi connectivity index (χ0n) is 81.3. The molecule has 0 bridgehead atoms. The zero-order valence-corrected chi connectivity index (χ0v) is 81.3. The Morgan fingerprint density at radius 2 is 0.291 bits per heavy atom. The van der Waals surface area contributed by atoms with E-state index in [-0.39, 0.29) is 114 Å². The summed E-state index contributed by atoms with van der Waals surface area (Å²) in [6.45, 7) is 6.73. The summed E-state index contributed by atoms with van der Waals surface area (Å²) in [6.07, 6.45) is 22.6. The summed E-state index contributed by atoms with van der Waals surface area (Å²) in [5.74, 6) is -6.75. The Bertz CT molecular complexity index is 3000. The Kier molecular flexibility index (Phi) is 78.2. The minimum Gasteiger partial charge on any atom is -0.355 e. The van der Waals surface area contributed by atoms with Crippen molar-refractivity contribution in [2.75, 3.05) is 98.2 Å². The molecule has 0 heterocycles. The Labute approximate surface area is 798 Å². The van der Waals surface area contributed by atoms with Crippen molar-refractivity contribution in [3.05, 3.63) is 0 Å². The molecule has 0 aromatic carbocycles. The second-order valence-electron chi connectivity index (χ2n) is 35.4. The minimum atomic E-state index is -1.17. The number of carbonyl (C=O) groups is 14. The first-order valence-corrected chi connectivity index (χ1v) is 50.4. The molecule has 43 nitrogen and oxygen atoms in total. The quantitative estimate of drug-likeness (QED) is 0.0263. The van der Waals surface area contributed by atoms with E-state index in [0.29, 0.717) is 271 Å². The van der Waals surface area contributed by atoms with Gasteiger partial charge in [0.1, 0.15) is 36.3 Å². The Morgan fingerprint density at radius 3 is 0.463 bits per heavy atom. The number of nitrogens with two attached hydrogens (primary N) is 15. The molecule has 14 unspecified atom stereocenters. The van der Waals surface area contributed by atoms with Gasteiger partial charge in [-0.2, -0.15) is 0 Å². The summed E-state index contributed by atoms with van der Waals surface area (Å²) in [5, 5.41) is 40.1. The lowest BCUT2D eigenvalue weighted by atomic mass is 10.0. The predicted molar refractivity (Wildman–Crippen MR) is 526 cm³/mol. The molecule has 0 spiro atoms. The third-order valence-electron chi connectivity index (χ3n) is 23.4. The van der Waals surface area contributed by atoms with Crippen LogP contribution < -0.4 is 160 Å². The first-order valence-electron chi connectivity index (χ1n) is 50.4. The standard InChI is InChI=1S/C91H185N29O14/c1-2-3-6-35-64(99)78(121)107-58-29-14-43-72(115-82(125)68(103)39-10-23-52-95)86(129)113-62-33-16-45-74(119-90(133)76(117-84(127)70(105)41-12-25-54-97)47-18-31-60-109-80(123)66(101)37-8-21-50-93)88(131)111-56-27-4-5-28-57-112-89(132)75(120-91(134)77(118-85(128)71(106)42-13-26-55-98)48-19-32-61-110-81(124)67(102)38-9-22-51-94)46-17-34-63-114-87(130)73(116-83(126)69(104)40-11-24-53-96)44-15-30-59-108-79(122)65(100)36-7-20-49-92/h64-77H,2-63,92-106H2,1H3,(H,107,121)(H,108,122)(H,109,123)(H,110,124)(H,111,131)(H,112,132)(H,113,129)(H,114,130)(H,115,125)(H,116,126)(H,117,127)(H,118,128)(H,119,133)(H,120,134). The second-order valence-corrected chi connectivity index (χ2v) is 35.4. The number of rotatable bonds is 89. The number of carbonyl (C=O) groups excluding carboxylic acids is 14. The molecule has 0 aromatic heterocycles. The summed E-state index contributed by atoms with van der Waals surface area (Å²) < 4.78 is 0. The molecule has 0 rings (SSSR count). The van der Waals surface area contributed by atoms with E-state index in [1.54, 1.807) is 0 Å². The number of nitrogens with one attached hydrogen (secondary N) is 14. The minimum absolute atomic E-state index is 0.0734. The van der Waals surface area contributed by atoms with Gasteiger partial charge in [-0.25, -0.2) is 0 Å². The van der Waals surface area contributed by atoms with Crippen molar-refractivity contribution in [1.82, 2.24) is 74.4 Å². The molecule has 14 atom stereocenters. The lowest BCUT2D eigenvalue weighted by molar-refractivity contribution is -0.132. The van der Waals surface area contributed by atoms with Gasteiger partial charge in [-0.3, -0.25) is 67.1 Å². The highest BCUT2D eigenvalue weighted by atomic mass is 16.2. The van der Waals surface area contributed by atoms with Gasteiger partial charge in [0.05, 0.1) is 48.3 Å². The molecule has 0 fully saturated rings. The van der Waals surface area contributed by atoms with Gasteiger partial charge in [0, 0.05) is 52.4 Å². The summed E-state index contributed by atoms with van der Waals surface area (Å²) in [7, 11) is 0. The Morgan fingerprint density at radius 1 is 0.157 bits per heavy atom. The van der Waals surface area contributed by atoms with E-state index in [1.165, 1.54) is 0 Å². The number of hydrogen-bond acceptors (Lipinski definition) is 29. The molecule has 44 N–H and O–H groups in total. The van der Waals surface area contributed by atoms with Gasteiger partial charge in [0.25, 0.3) is 0 Å². The SMILES string of the molecule is CCCCCC(N)C(=O)NCCCCC(NC(=O)C(N)CCCCN)C(=O)NCCCCC(NC(=O)C(CCCCNC(=O)C(N)CCCCN)NC(=O)C(N)CCCCN)C(=O)NCCCCCCNC(=O)C(CCCCNC(=O)C(CCCCNC(=O)C(N)CCCCN)NC(=O)C(N)CCCCN)NC(=O)C(CCCCNC(=O)C(N)CCCCN)NC(=O)C(N)CCCCN. The van der Waals surface area contributed by atoms with Crippen LogP contribution in [0.3, 0.4) is 0 Å². The van der Waals surface area contributed by atoms with Crippen LogP contribution in [0, 0.1) is 0 Å². The summed E-state index contributed by atoms with van der Waals surface area (Å²) in [6, 6.07) is -13.1. The van der Waals surface area contributed by atoms with Gasteiger partial charge in [0.15, 0.2) is 0 Å². The zero-order chi connectivity index (χ0) is 99.9. The highest BCUT2D eigenvalue weighted by Crippen LogP contribution is 2.15. The molecule has 0 radical (unpaired) electrons. The van der Waals surface area contributed by atoms with E-state index in [2.05, 4.69) is 81.4 Å². The van der Waals surface area contributed by atoms with Gasteiger partial charge in [0.2, 0.25) is 82.7 Å². The third-order valence-corrected chi connectivity index (χ3v) is 23.4. The summed E-state index contributed by atoms with van der Waals surface area (Å²) in [4.78, 5) is 191. The van der Waals surface area contributed by atoms with Gasteiger partial charge in [-0.05, 0) is 271 Å². The third kappa shape index (κ3) is 64.1. The van der Waals surface area contributed by atoms with E-state index in [0.717, 1.165) is 38.5 Å². The molecule has 0 aliphatic rings. The second kappa shape index (κ2) is 83.2. The topological polar surface area (TPSA) is 798 Å². The van der Waals surface area contributed by atoms with Gasteiger partial charge < -0.3 is 160 Å². The molecule has 134 heavy (non-hydrogen) atoms. The van der Waals surface area contributed by atoms with Crippen LogP contribution >= 0.6 is 0 Å². The van der Waals surface area contributed by atoms with E-state index < -0.39 is 144 Å². The van der Waals surface area contributed by atoms with E-state index in [9.17, 15) is 67.1 Å². The van der Waals surface area contributed by atoms with Crippen molar-refractivity contribution in [1.29, 1.82) is 0 Å². The summed E-state index contributed by atoms with van der Waals surface area (Å²) in [5.41, 5.74) is 89.3. The van der Waals surface area contributed by atoms with E-state index in [1.807, 2.05) is 0 Å². The van der Waals surface area contributed by atoms with Crippen LogP contribution in [0.4, 0.5) is 0 Å². The number of amides is 14. The van der Waals surface area contributed by atoms with Crippen LogP contribution in [-0.2, 0) is 67.1 Å². The van der Waals surface area contributed by atoms with Gasteiger partial charge in [-0.15, -0.1) is 0 Å². The molecule has 0 aromatic rings. The largest absolute Gasteiger partial charge is 0.355 e. The molecule has 0 saturated heterocycles. The number of hydrogen-bond donors (Lipinski definition) is 29. The van der Waals surface area contributed by atoms with Crippen molar-refractivity contribution in [2.45, 2.75) is 393 Å². The Balaban J connectivity index is 7.09. The first kappa shape index (κ1) is 126. The fraction of sp³-hybridized carbons (Fsp3) is 0.846. The molecule has 0 aliphatic carbocycles. The van der Waals surface area contributed by atoms with Crippen molar-refractivity contribution in [3.63, 3.8) is 0 Å². The first-order chi connectivity index (χ1) is 64.4. The summed E-state index contributed by atoms with van der Waals surface area (Å²) >= 11 is 0. The maximum absolute atomic E-state index is 14.6. The lowest BCUT2D eigenvalue weighted by Gasteiger charge is -2.25. The molecular weight excluding hydrogens is 1720 g/mol. The van der Waals surface area contributed by atoms with E-state index in [4.69, 9.17) is 86.0 Å². The van der Waals surface area contributed by atoms with Crippen molar-refractivity contribution in [3.8, 4) is 0 Å². The van der Waals surface area contributed by atoms with Crippen LogP contribution in [0.5, 0.6) is 0 Å². The van der Waals surface area contributed by atoms with Crippen LogP contribution in [-0.4, -0.2) is 265 Å². The average molecular weight is 1910 g/mol. The highest BCUT2D eigenvalue weighted by molar-refractivity contribution is 5.95. The van der Waals surface area contributed by atoms with Crippen molar-refractivity contribution < 1.29 is 67.1 Å². The molecule has 778 valence electrons. The van der Waals surface area contributed by atoms with Crippen LogP contribution in [0.15, 0.2) is 0 Å². The van der Waals surface area contributed by atoms with Gasteiger partial charge in [-0.1, -0.05) is 84.0 Å². The predicted octanol–water partition coefficient (Wildman–Crippen LogP) is -3.49. The molecule has 0 aliphatic heterocycles. The molecule has 43 heteroatoms. The number of unbranched alkanes of at least 4 members (excludes halogenated alkanes) is 18. The molecule has 14 amide bonds. The maximum atomic E-state index is 14.6. The smallest absolute Gasteiger partial charge is 0.243 e. The molecular formula is C91H185N29O14. The normalized spacial score (nSPS) is 14.5. The van der Waals surface area contributed by atoms with Crippen LogP contribution in [0.25, 0.3) is 0 Å². The van der Waals surface area contributed by atoms with E-state index >= 15 is 0 Å². The monoisotopic (exact) mass is 1910 g/mol. The highest BCUT2D eigenvalue weighted by Gasteiger charge is 2.33. The van der Waals surface area contributed by atoms with Gasteiger partial charge >= 0.3 is 0 Å². The molecule has 0 saturated carbocycles. The van der Waals surface area contributed by atoms with Crippen molar-refractivity contribution >= 4 is 82.7 Å². The van der Waals surface area contributed by atoms with Crippen LogP contribution in [0.2, 0.25) is 0 Å². The van der Waals surface area contributed by atoms with Crippen molar-refractivity contribution in [2.24, 2.45) is 86.0 Å². The average Bonchev–Trinajstić information content (AvgIpc) is 0.869. The lowest BCUT2D eigenvalue weighted by Crippen LogP contribution is -2.55. The fourth-order valence-corrected chi connectivity index (χ4v) is 14.6. The Hall–Kier alpha value is -8.02. The maximum Gasteiger partial charge on any atom is 0.243 e.